The van der Waals surface area contributed by atoms with Crippen molar-refractivity contribution in [2.75, 3.05) is 6.61 Å². The molecule has 0 heterocycles. The molecular formula is C23H40NaO3S. The second kappa shape index (κ2) is 19.1. The van der Waals surface area contributed by atoms with Crippen LogP contribution in [0.5, 0.6) is 0 Å². The zero-order chi connectivity index (χ0) is 19.6. The van der Waals surface area contributed by atoms with E-state index >= 15 is 0 Å². The fourth-order valence-electron chi connectivity index (χ4n) is 3.30. The predicted octanol–water partition coefficient (Wildman–Crippen LogP) is 6.88. The fourth-order valence-corrected chi connectivity index (χ4v) is 4.26. The monoisotopic (exact) mass is 419 g/mol. The summed E-state index contributed by atoms with van der Waals surface area (Å²) in [6.07, 6.45) is 19.5. The van der Waals surface area contributed by atoms with E-state index < -0.39 is 10.1 Å². The second-order valence-electron chi connectivity index (χ2n) is 7.54. The van der Waals surface area contributed by atoms with E-state index in [1.807, 2.05) is 0 Å². The number of unbranched alkanes of at least 4 members (excludes halogenated alkanes) is 14. The first-order chi connectivity index (χ1) is 13.2. The Morgan fingerprint density at radius 2 is 1.04 bits per heavy atom. The molecule has 0 aliphatic rings. The summed E-state index contributed by atoms with van der Waals surface area (Å²) in [7, 11) is -3.58. The molecule has 0 aliphatic carbocycles. The molecule has 0 unspecified atom stereocenters. The normalized spacial score (nSPS) is 11.3. The van der Waals surface area contributed by atoms with Crippen LogP contribution in [-0.2, 0) is 14.3 Å². The molecule has 1 aromatic rings. The molecule has 0 amide bonds. The van der Waals surface area contributed by atoms with E-state index in [4.69, 9.17) is 4.18 Å². The molecule has 0 bridgehead atoms. The predicted molar refractivity (Wildman–Crippen MR) is 120 cm³/mol. The van der Waals surface area contributed by atoms with Crippen LogP contribution >= 0.6 is 0 Å². The van der Waals surface area contributed by atoms with Crippen LogP contribution in [0.3, 0.4) is 0 Å². The quantitative estimate of drug-likeness (QED) is 0.148. The Balaban J connectivity index is 0.00000729. The van der Waals surface area contributed by atoms with Gasteiger partial charge in [0.1, 0.15) is 0 Å². The number of hydrogen-bond acceptors (Lipinski definition) is 3. The molecule has 0 saturated heterocycles. The Morgan fingerprint density at radius 3 is 1.46 bits per heavy atom. The van der Waals surface area contributed by atoms with E-state index in [0.717, 1.165) is 12.8 Å². The molecular weight excluding hydrogens is 379 g/mol. The van der Waals surface area contributed by atoms with E-state index in [1.54, 1.807) is 30.3 Å². The van der Waals surface area contributed by atoms with Crippen LogP contribution in [-0.4, -0.2) is 44.6 Å². The van der Waals surface area contributed by atoms with Gasteiger partial charge in [-0.25, -0.2) is 0 Å². The third kappa shape index (κ3) is 15.0. The summed E-state index contributed by atoms with van der Waals surface area (Å²) in [5.74, 6) is 0. The van der Waals surface area contributed by atoms with Crippen LogP contribution in [0.4, 0.5) is 0 Å². The number of benzene rings is 1. The largest absolute Gasteiger partial charge is 0.296 e. The molecule has 3 nitrogen and oxygen atoms in total. The van der Waals surface area contributed by atoms with E-state index in [2.05, 4.69) is 6.92 Å². The Morgan fingerprint density at radius 1 is 0.643 bits per heavy atom. The van der Waals surface area contributed by atoms with E-state index in [9.17, 15) is 8.42 Å². The van der Waals surface area contributed by atoms with Gasteiger partial charge in [-0.3, -0.25) is 4.18 Å². The maximum absolute atomic E-state index is 12.0. The van der Waals surface area contributed by atoms with Gasteiger partial charge < -0.3 is 0 Å². The zero-order valence-electron chi connectivity index (χ0n) is 18.3. The van der Waals surface area contributed by atoms with Gasteiger partial charge in [0.15, 0.2) is 0 Å². The van der Waals surface area contributed by atoms with Gasteiger partial charge in [0, 0.05) is 29.6 Å². The summed E-state index contributed by atoms with van der Waals surface area (Å²) in [4.78, 5) is 0.242. The SMILES string of the molecule is CCCCCCCCCCCCCCCCCOS(=O)(=O)c1ccccc1.[Na]. The van der Waals surface area contributed by atoms with Crippen LogP contribution in [0.1, 0.15) is 103 Å². The molecule has 0 saturated carbocycles. The molecule has 28 heavy (non-hydrogen) atoms. The maximum Gasteiger partial charge on any atom is 0.296 e. The minimum Gasteiger partial charge on any atom is -0.266 e. The summed E-state index contributed by atoms with van der Waals surface area (Å²) >= 11 is 0. The van der Waals surface area contributed by atoms with Crippen LogP contribution in [0.2, 0.25) is 0 Å². The van der Waals surface area contributed by atoms with E-state index in [1.165, 1.54) is 83.5 Å². The van der Waals surface area contributed by atoms with Gasteiger partial charge >= 0.3 is 0 Å². The van der Waals surface area contributed by atoms with E-state index in [-0.39, 0.29) is 41.1 Å². The molecule has 0 atom stereocenters. The Labute approximate surface area is 196 Å². The van der Waals surface area contributed by atoms with Crippen LogP contribution in [0.15, 0.2) is 35.2 Å². The molecule has 0 spiro atoms. The average molecular weight is 420 g/mol. The molecule has 5 heteroatoms. The van der Waals surface area contributed by atoms with Crippen molar-refractivity contribution in [3.63, 3.8) is 0 Å². The maximum atomic E-state index is 12.0. The van der Waals surface area contributed by atoms with Gasteiger partial charge in [0.25, 0.3) is 10.1 Å². The van der Waals surface area contributed by atoms with Gasteiger partial charge in [0.2, 0.25) is 0 Å². The van der Waals surface area contributed by atoms with Crippen molar-refractivity contribution in [3.05, 3.63) is 30.3 Å². The molecule has 157 valence electrons. The van der Waals surface area contributed by atoms with Crippen LogP contribution in [0, 0.1) is 0 Å². The molecule has 0 fully saturated rings. The Hall–Kier alpha value is 0.130. The Bertz CT molecular complexity index is 546. The third-order valence-corrected chi connectivity index (χ3v) is 6.34. The second-order valence-corrected chi connectivity index (χ2v) is 9.15. The van der Waals surface area contributed by atoms with Crippen molar-refractivity contribution >= 4 is 39.7 Å². The van der Waals surface area contributed by atoms with Gasteiger partial charge in [-0.05, 0) is 18.6 Å². The van der Waals surface area contributed by atoms with Gasteiger partial charge in [-0.2, -0.15) is 8.42 Å². The Kier molecular flexibility index (Phi) is 19.2. The molecule has 1 radical (unpaired) electrons. The van der Waals surface area contributed by atoms with Crippen molar-refractivity contribution < 1.29 is 12.6 Å². The topological polar surface area (TPSA) is 43.4 Å². The van der Waals surface area contributed by atoms with Crippen molar-refractivity contribution in [3.8, 4) is 0 Å². The molecule has 1 rings (SSSR count). The van der Waals surface area contributed by atoms with Crippen LogP contribution in [0.25, 0.3) is 0 Å². The smallest absolute Gasteiger partial charge is 0.266 e. The van der Waals surface area contributed by atoms with Crippen molar-refractivity contribution in [2.45, 2.75) is 108 Å². The summed E-state index contributed by atoms with van der Waals surface area (Å²) in [6.45, 7) is 2.56. The van der Waals surface area contributed by atoms with Crippen molar-refractivity contribution in [1.29, 1.82) is 0 Å². The molecule has 1 aromatic carbocycles. The summed E-state index contributed by atoms with van der Waals surface area (Å²) in [6, 6.07) is 8.37. The first kappa shape index (κ1) is 28.1. The standard InChI is InChI=1S/C23H40O3S.Na/c1-2-3-4-5-6-7-8-9-10-11-12-13-14-15-19-22-26-27(24,25)23-20-17-16-18-21-23;/h16-18,20-21H,2-15,19,22H2,1H3;. The van der Waals surface area contributed by atoms with Crippen molar-refractivity contribution in [1.82, 2.24) is 0 Å². The summed E-state index contributed by atoms with van der Waals surface area (Å²) < 4.78 is 29.0. The zero-order valence-corrected chi connectivity index (χ0v) is 21.1. The first-order valence-corrected chi connectivity index (χ1v) is 12.5. The average Bonchev–Trinajstić information content (AvgIpc) is 2.68. The summed E-state index contributed by atoms with van der Waals surface area (Å²) in [5.41, 5.74) is 0. The molecule has 0 aliphatic heterocycles. The van der Waals surface area contributed by atoms with Gasteiger partial charge in [0.05, 0.1) is 11.5 Å². The third-order valence-electron chi connectivity index (χ3n) is 5.02. The number of hydrogen-bond donors (Lipinski definition) is 0. The fraction of sp³-hybridized carbons (Fsp3) is 0.739. The number of rotatable bonds is 18. The van der Waals surface area contributed by atoms with E-state index in [0.29, 0.717) is 0 Å². The molecule has 0 aromatic heterocycles. The molecule has 0 N–H and O–H groups in total. The van der Waals surface area contributed by atoms with Crippen molar-refractivity contribution in [2.24, 2.45) is 0 Å². The minimum atomic E-state index is -3.58. The van der Waals surface area contributed by atoms with Gasteiger partial charge in [-0.1, -0.05) is 115 Å². The van der Waals surface area contributed by atoms with Gasteiger partial charge in [-0.15, -0.1) is 0 Å². The summed E-state index contributed by atoms with van der Waals surface area (Å²) in [5, 5.41) is 0. The van der Waals surface area contributed by atoms with Crippen LogP contribution < -0.4 is 0 Å². The minimum absolute atomic E-state index is 0. The first-order valence-electron chi connectivity index (χ1n) is 11.1.